The molecule has 0 aliphatic heterocycles. The lowest BCUT2D eigenvalue weighted by Crippen LogP contribution is -2.53. The van der Waals surface area contributed by atoms with E-state index in [-0.39, 0.29) is 23.8 Å². The number of unbranched alkanes of at least 4 members (excludes halogenated alkanes) is 5. The SMILES string of the molecule is CCCCCCCCN[C@H](C(=O)N[C@@H](CC(C)C)C(=O)OC)[C@@H](C)CC. The highest BCUT2D eigenvalue weighted by atomic mass is 16.5. The number of methoxy groups -OCH3 is 1. The van der Waals surface area contributed by atoms with Crippen LogP contribution in [0.4, 0.5) is 0 Å². The zero-order valence-electron chi connectivity index (χ0n) is 17.9. The molecule has 0 radical (unpaired) electrons. The molecule has 5 nitrogen and oxygen atoms in total. The minimum absolute atomic E-state index is 0.0959. The molecule has 0 rings (SSSR count). The standard InChI is InChI=1S/C21H42N2O3/c1-7-9-10-11-12-13-14-22-19(17(5)8-2)20(24)23-18(15-16(3)4)21(25)26-6/h16-19,22H,7-15H2,1-6H3,(H,23,24)/t17-,18-,19-/m0/s1. The monoisotopic (exact) mass is 370 g/mol. The lowest BCUT2D eigenvalue weighted by atomic mass is 9.96. The number of rotatable bonds is 15. The Bertz CT molecular complexity index is 385. The first-order chi connectivity index (χ1) is 12.4. The van der Waals surface area contributed by atoms with Gasteiger partial charge >= 0.3 is 5.97 Å². The molecule has 0 aliphatic rings. The molecule has 0 spiro atoms. The number of carbonyl (C=O) groups excluding carboxylic acids is 2. The van der Waals surface area contributed by atoms with Gasteiger partial charge in [-0.1, -0.05) is 73.1 Å². The number of esters is 1. The number of ether oxygens (including phenoxy) is 1. The van der Waals surface area contributed by atoms with Crippen LogP contribution in [-0.2, 0) is 14.3 Å². The molecule has 154 valence electrons. The third-order valence-electron chi connectivity index (χ3n) is 4.90. The van der Waals surface area contributed by atoms with Gasteiger partial charge in [-0.25, -0.2) is 4.79 Å². The zero-order chi connectivity index (χ0) is 19.9. The van der Waals surface area contributed by atoms with E-state index in [1.54, 1.807) is 0 Å². The van der Waals surface area contributed by atoms with Crippen LogP contribution >= 0.6 is 0 Å². The molecular formula is C21H42N2O3. The summed E-state index contributed by atoms with van der Waals surface area (Å²) >= 11 is 0. The molecule has 0 aromatic rings. The van der Waals surface area contributed by atoms with E-state index in [4.69, 9.17) is 4.74 Å². The average Bonchev–Trinajstić information content (AvgIpc) is 2.61. The van der Waals surface area contributed by atoms with Crippen LogP contribution in [0, 0.1) is 11.8 Å². The molecule has 5 heteroatoms. The third-order valence-corrected chi connectivity index (χ3v) is 4.90. The molecule has 0 saturated carbocycles. The lowest BCUT2D eigenvalue weighted by Gasteiger charge is -2.26. The molecule has 0 fully saturated rings. The molecule has 0 heterocycles. The van der Waals surface area contributed by atoms with Gasteiger partial charge in [0.15, 0.2) is 0 Å². The van der Waals surface area contributed by atoms with Gasteiger partial charge in [0.05, 0.1) is 13.2 Å². The Balaban J connectivity index is 4.59. The first-order valence-corrected chi connectivity index (χ1v) is 10.5. The zero-order valence-corrected chi connectivity index (χ0v) is 17.9. The van der Waals surface area contributed by atoms with E-state index >= 15 is 0 Å². The molecule has 1 amide bonds. The fraction of sp³-hybridized carbons (Fsp3) is 0.905. The van der Waals surface area contributed by atoms with E-state index in [9.17, 15) is 9.59 Å². The molecule has 0 unspecified atom stereocenters. The molecule has 3 atom stereocenters. The number of hydrogen-bond donors (Lipinski definition) is 2. The highest BCUT2D eigenvalue weighted by molar-refractivity contribution is 5.87. The minimum Gasteiger partial charge on any atom is -0.467 e. The predicted molar refractivity (Wildman–Crippen MR) is 108 cm³/mol. The van der Waals surface area contributed by atoms with Crippen LogP contribution in [0.3, 0.4) is 0 Å². The summed E-state index contributed by atoms with van der Waals surface area (Å²) in [6.45, 7) is 11.3. The second-order valence-electron chi connectivity index (χ2n) is 7.80. The summed E-state index contributed by atoms with van der Waals surface area (Å²) < 4.78 is 4.85. The fourth-order valence-corrected chi connectivity index (χ4v) is 3.04. The van der Waals surface area contributed by atoms with Gasteiger partial charge in [0.1, 0.15) is 6.04 Å². The number of amides is 1. The molecule has 0 bridgehead atoms. The van der Waals surface area contributed by atoms with E-state index in [1.165, 1.54) is 39.2 Å². The van der Waals surface area contributed by atoms with Crippen molar-refractivity contribution < 1.29 is 14.3 Å². The second-order valence-corrected chi connectivity index (χ2v) is 7.80. The Hall–Kier alpha value is -1.10. The van der Waals surface area contributed by atoms with Gasteiger partial charge in [-0.15, -0.1) is 0 Å². The van der Waals surface area contributed by atoms with Crippen molar-refractivity contribution in [2.24, 2.45) is 11.8 Å². The maximum atomic E-state index is 12.8. The first kappa shape index (κ1) is 24.9. The van der Waals surface area contributed by atoms with Crippen LogP contribution < -0.4 is 10.6 Å². The van der Waals surface area contributed by atoms with Crippen LogP contribution in [0.25, 0.3) is 0 Å². The van der Waals surface area contributed by atoms with Gasteiger partial charge in [-0.2, -0.15) is 0 Å². The van der Waals surface area contributed by atoms with Gasteiger partial charge in [0, 0.05) is 0 Å². The molecule has 0 aromatic carbocycles. The normalized spacial score (nSPS) is 14.7. The van der Waals surface area contributed by atoms with E-state index in [0.717, 1.165) is 19.4 Å². The van der Waals surface area contributed by atoms with E-state index in [0.29, 0.717) is 12.3 Å². The molecule has 2 N–H and O–H groups in total. The number of hydrogen-bond acceptors (Lipinski definition) is 4. The number of carbonyl (C=O) groups is 2. The van der Waals surface area contributed by atoms with Gasteiger partial charge in [0.25, 0.3) is 0 Å². The summed E-state index contributed by atoms with van der Waals surface area (Å²) in [5.41, 5.74) is 0. The van der Waals surface area contributed by atoms with Crippen LogP contribution in [0.15, 0.2) is 0 Å². The maximum Gasteiger partial charge on any atom is 0.328 e. The molecule has 26 heavy (non-hydrogen) atoms. The lowest BCUT2D eigenvalue weighted by molar-refractivity contribution is -0.146. The smallest absolute Gasteiger partial charge is 0.328 e. The van der Waals surface area contributed by atoms with Crippen molar-refractivity contribution in [1.82, 2.24) is 10.6 Å². The van der Waals surface area contributed by atoms with Crippen LogP contribution in [0.1, 0.15) is 86.0 Å². The van der Waals surface area contributed by atoms with Crippen molar-refractivity contribution in [2.75, 3.05) is 13.7 Å². The Morgan fingerprint density at radius 1 is 0.962 bits per heavy atom. The van der Waals surface area contributed by atoms with E-state index < -0.39 is 6.04 Å². The summed E-state index contributed by atoms with van der Waals surface area (Å²) in [4.78, 5) is 24.8. The van der Waals surface area contributed by atoms with Crippen molar-refractivity contribution in [3.05, 3.63) is 0 Å². The highest BCUT2D eigenvalue weighted by Crippen LogP contribution is 2.12. The molecular weight excluding hydrogens is 328 g/mol. The van der Waals surface area contributed by atoms with Gasteiger partial charge < -0.3 is 15.4 Å². The molecule has 0 saturated heterocycles. The topological polar surface area (TPSA) is 67.4 Å². The predicted octanol–water partition coefficient (Wildman–Crippen LogP) is 4.06. The largest absolute Gasteiger partial charge is 0.467 e. The maximum absolute atomic E-state index is 12.8. The minimum atomic E-state index is -0.574. The summed E-state index contributed by atoms with van der Waals surface area (Å²) in [5.74, 6) is 0.0530. The van der Waals surface area contributed by atoms with Gasteiger partial charge in [-0.05, 0) is 31.2 Å². The summed E-state index contributed by atoms with van der Waals surface area (Å²) in [5, 5.41) is 6.32. The summed E-state index contributed by atoms with van der Waals surface area (Å²) in [7, 11) is 1.37. The van der Waals surface area contributed by atoms with Crippen LogP contribution in [0.5, 0.6) is 0 Å². The molecule has 0 aromatic heterocycles. The van der Waals surface area contributed by atoms with Crippen molar-refractivity contribution in [2.45, 2.75) is 98.1 Å². The van der Waals surface area contributed by atoms with Crippen molar-refractivity contribution >= 4 is 11.9 Å². The second kappa shape index (κ2) is 15.0. The summed E-state index contributed by atoms with van der Waals surface area (Å²) in [6, 6.07) is -0.843. The molecule has 0 aliphatic carbocycles. The van der Waals surface area contributed by atoms with Crippen molar-refractivity contribution in [3.63, 3.8) is 0 Å². The van der Waals surface area contributed by atoms with Crippen molar-refractivity contribution in [3.8, 4) is 0 Å². The third kappa shape index (κ3) is 10.8. The first-order valence-electron chi connectivity index (χ1n) is 10.5. The average molecular weight is 371 g/mol. The van der Waals surface area contributed by atoms with E-state index in [1.807, 2.05) is 13.8 Å². The summed E-state index contributed by atoms with van der Waals surface area (Å²) in [6.07, 6.45) is 8.88. The Labute approximate surface area is 161 Å². The highest BCUT2D eigenvalue weighted by Gasteiger charge is 2.29. The quantitative estimate of drug-likeness (QED) is 0.337. The van der Waals surface area contributed by atoms with Crippen molar-refractivity contribution in [1.29, 1.82) is 0 Å². The van der Waals surface area contributed by atoms with E-state index in [2.05, 4.69) is 31.4 Å². The van der Waals surface area contributed by atoms with Crippen LogP contribution in [0.2, 0.25) is 0 Å². The Morgan fingerprint density at radius 3 is 2.12 bits per heavy atom. The Morgan fingerprint density at radius 2 is 1.58 bits per heavy atom. The number of nitrogens with one attached hydrogen (secondary N) is 2. The fourth-order valence-electron chi connectivity index (χ4n) is 3.04. The van der Waals surface area contributed by atoms with Gasteiger partial charge in [0.2, 0.25) is 5.91 Å². The van der Waals surface area contributed by atoms with Crippen LogP contribution in [-0.4, -0.2) is 37.6 Å². The van der Waals surface area contributed by atoms with Gasteiger partial charge in [-0.3, -0.25) is 4.79 Å². The Kier molecular flexibility index (Phi) is 14.4.